The molecule has 0 radical (unpaired) electrons. The van der Waals surface area contributed by atoms with Gasteiger partial charge in [0.15, 0.2) is 5.04 Å². The topological polar surface area (TPSA) is 72.3 Å². The Labute approximate surface area is 112 Å². The van der Waals surface area contributed by atoms with Crippen LogP contribution in [0.5, 0.6) is 0 Å². The van der Waals surface area contributed by atoms with E-state index in [2.05, 4.69) is 15.6 Å². The summed E-state index contributed by atoms with van der Waals surface area (Å²) in [6.07, 6.45) is 1.24. The van der Waals surface area contributed by atoms with Crippen LogP contribution < -0.4 is 5.32 Å². The average molecular weight is 275 g/mol. The van der Waals surface area contributed by atoms with Crippen LogP contribution in [0.4, 0.5) is 4.79 Å². The highest BCUT2D eigenvalue weighted by Crippen LogP contribution is 2.21. The van der Waals surface area contributed by atoms with E-state index in [-0.39, 0.29) is 5.41 Å². The maximum Gasteiger partial charge on any atom is 0.433 e. The molecule has 104 valence electrons. The van der Waals surface area contributed by atoms with Crippen molar-refractivity contribution in [1.82, 2.24) is 5.32 Å². The third-order valence-electron chi connectivity index (χ3n) is 1.81. The van der Waals surface area contributed by atoms with Gasteiger partial charge >= 0.3 is 6.09 Å². The largest absolute Gasteiger partial charge is 0.433 e. The lowest BCUT2D eigenvalue weighted by atomic mass is 9.91. The first kappa shape index (κ1) is 16.8. The molecule has 18 heavy (non-hydrogen) atoms. The number of carbonyl (C=O) groups excluding carboxylic acids is 1. The Morgan fingerprint density at radius 1 is 1.33 bits per heavy atom. The second-order valence-corrected chi connectivity index (χ2v) is 5.13. The summed E-state index contributed by atoms with van der Waals surface area (Å²) in [6, 6.07) is 0. The summed E-state index contributed by atoms with van der Waals surface area (Å²) in [5.74, 6) is 0. The number of hydrogen-bond donors (Lipinski definition) is 1. The molecule has 1 N–H and O–H groups in total. The summed E-state index contributed by atoms with van der Waals surface area (Å²) in [4.78, 5) is 20.8. The number of nitrogens with one attached hydrogen (secondary N) is 1. The van der Waals surface area contributed by atoms with E-state index in [1.165, 1.54) is 18.8 Å². The lowest BCUT2D eigenvalue weighted by Crippen LogP contribution is -2.29. The molecule has 0 aromatic rings. The molecule has 0 bridgehead atoms. The van der Waals surface area contributed by atoms with Crippen LogP contribution in [0.1, 0.15) is 27.7 Å². The van der Waals surface area contributed by atoms with Crippen molar-refractivity contribution >= 4 is 28.6 Å². The van der Waals surface area contributed by atoms with Gasteiger partial charge in [0.25, 0.3) is 0 Å². The summed E-state index contributed by atoms with van der Waals surface area (Å²) in [7, 11) is 1.47. The van der Waals surface area contributed by atoms with Crippen molar-refractivity contribution in [1.29, 1.82) is 0 Å². The third-order valence-corrected chi connectivity index (χ3v) is 2.46. The average Bonchev–Trinajstić information content (AvgIpc) is 2.31. The molecule has 0 fully saturated rings. The van der Waals surface area contributed by atoms with Gasteiger partial charge in [0, 0.05) is 12.5 Å². The van der Waals surface area contributed by atoms with Crippen molar-refractivity contribution in [2.75, 3.05) is 19.9 Å². The van der Waals surface area contributed by atoms with Gasteiger partial charge in [-0.1, -0.05) is 31.1 Å². The van der Waals surface area contributed by atoms with E-state index in [1.807, 2.05) is 34.0 Å². The zero-order valence-corrected chi connectivity index (χ0v) is 12.6. The lowest BCUT2D eigenvalue weighted by Gasteiger charge is -2.20. The first-order valence-corrected chi connectivity index (χ1v) is 6.80. The van der Waals surface area contributed by atoms with Crippen molar-refractivity contribution < 1.29 is 14.5 Å². The normalized spacial score (nSPS) is 13.2. The molecule has 0 spiro atoms. The number of thioether (sulfide) groups is 1. The molecule has 0 atom stereocenters. The van der Waals surface area contributed by atoms with Crippen LogP contribution in [-0.2, 0) is 9.68 Å². The van der Waals surface area contributed by atoms with Crippen LogP contribution >= 0.6 is 11.8 Å². The van der Waals surface area contributed by atoms with Crippen LogP contribution in [0, 0.1) is 5.41 Å². The zero-order chi connectivity index (χ0) is 14.2. The SMILES string of the molecule is CCON=C(SC)C(=NOC(=O)NC)C(C)(C)C. The van der Waals surface area contributed by atoms with E-state index >= 15 is 0 Å². The van der Waals surface area contributed by atoms with Crippen LogP contribution in [0.15, 0.2) is 10.3 Å². The van der Waals surface area contributed by atoms with Crippen molar-refractivity contribution in [2.24, 2.45) is 15.7 Å². The van der Waals surface area contributed by atoms with Crippen molar-refractivity contribution in [3.05, 3.63) is 0 Å². The highest BCUT2D eigenvalue weighted by molar-refractivity contribution is 8.15. The first-order chi connectivity index (χ1) is 8.36. The highest BCUT2D eigenvalue weighted by Gasteiger charge is 2.26. The van der Waals surface area contributed by atoms with Crippen LogP contribution in [0.3, 0.4) is 0 Å². The number of rotatable bonds is 4. The van der Waals surface area contributed by atoms with E-state index in [0.717, 1.165) is 0 Å². The maximum atomic E-state index is 11.0. The van der Waals surface area contributed by atoms with E-state index in [9.17, 15) is 4.79 Å². The minimum absolute atomic E-state index is 0.313. The number of carbonyl (C=O) groups is 1. The Balaban J connectivity index is 5.15. The Kier molecular flexibility index (Phi) is 7.42. The van der Waals surface area contributed by atoms with Crippen LogP contribution in [0.25, 0.3) is 0 Å². The molecule has 0 aromatic carbocycles. The smallest absolute Gasteiger partial charge is 0.395 e. The molecule has 0 saturated heterocycles. The molecule has 6 nitrogen and oxygen atoms in total. The molecule has 0 aromatic heterocycles. The molecular weight excluding hydrogens is 254 g/mol. The fraction of sp³-hybridized carbons (Fsp3) is 0.727. The fourth-order valence-electron chi connectivity index (χ4n) is 0.930. The highest BCUT2D eigenvalue weighted by atomic mass is 32.2. The van der Waals surface area contributed by atoms with Crippen LogP contribution in [-0.4, -0.2) is 36.8 Å². The predicted octanol–water partition coefficient (Wildman–Crippen LogP) is 2.46. The Morgan fingerprint density at radius 2 is 1.94 bits per heavy atom. The lowest BCUT2D eigenvalue weighted by molar-refractivity contribution is 0.151. The molecule has 0 unspecified atom stereocenters. The van der Waals surface area contributed by atoms with Gasteiger partial charge in [-0.15, -0.1) is 11.8 Å². The summed E-state index contributed by atoms with van der Waals surface area (Å²) in [6.45, 7) is 8.18. The molecule has 7 heteroatoms. The second kappa shape index (κ2) is 7.97. The summed E-state index contributed by atoms with van der Waals surface area (Å²) in [5.41, 5.74) is 0.250. The Hall–Kier alpha value is -1.24. The van der Waals surface area contributed by atoms with Gasteiger partial charge < -0.3 is 10.2 Å². The van der Waals surface area contributed by atoms with E-state index in [0.29, 0.717) is 17.4 Å². The van der Waals surface area contributed by atoms with Crippen molar-refractivity contribution in [3.63, 3.8) is 0 Å². The van der Waals surface area contributed by atoms with Gasteiger partial charge in [-0.2, -0.15) is 0 Å². The number of amides is 1. The van der Waals surface area contributed by atoms with E-state index in [1.54, 1.807) is 0 Å². The van der Waals surface area contributed by atoms with E-state index in [4.69, 9.17) is 9.68 Å². The standard InChI is InChI=1S/C11H21N3O3S/c1-7-16-14-9(18-6)8(11(2,3)4)13-17-10(15)12-5/h7H2,1-6H3,(H,12,15). The zero-order valence-electron chi connectivity index (χ0n) is 11.7. The van der Waals surface area contributed by atoms with Gasteiger partial charge in [0.1, 0.15) is 12.3 Å². The van der Waals surface area contributed by atoms with Gasteiger partial charge in [0.2, 0.25) is 0 Å². The Morgan fingerprint density at radius 3 is 2.33 bits per heavy atom. The summed E-state index contributed by atoms with van der Waals surface area (Å²) in [5, 5.41) is 10.7. The molecule has 0 aliphatic rings. The minimum Gasteiger partial charge on any atom is -0.395 e. The van der Waals surface area contributed by atoms with Gasteiger partial charge in [-0.05, 0) is 13.2 Å². The molecule has 0 saturated carbocycles. The molecular formula is C11H21N3O3S. The summed E-state index contributed by atoms with van der Waals surface area (Å²) >= 11 is 1.39. The van der Waals surface area contributed by atoms with Crippen LogP contribution in [0.2, 0.25) is 0 Å². The van der Waals surface area contributed by atoms with Crippen molar-refractivity contribution in [3.8, 4) is 0 Å². The molecule has 0 aliphatic carbocycles. The predicted molar refractivity (Wildman–Crippen MR) is 75.0 cm³/mol. The minimum atomic E-state index is -0.617. The molecule has 0 heterocycles. The first-order valence-electron chi connectivity index (χ1n) is 5.58. The summed E-state index contributed by atoms with van der Waals surface area (Å²) < 4.78 is 0. The fourth-order valence-corrected chi connectivity index (χ4v) is 1.59. The molecule has 0 aliphatic heterocycles. The third kappa shape index (κ3) is 5.90. The maximum absolute atomic E-state index is 11.0. The Bertz CT molecular complexity index is 335. The second-order valence-electron chi connectivity index (χ2n) is 4.34. The molecule has 0 rings (SSSR count). The quantitative estimate of drug-likeness (QED) is 0.370. The van der Waals surface area contributed by atoms with Crippen molar-refractivity contribution in [2.45, 2.75) is 27.7 Å². The monoisotopic (exact) mass is 275 g/mol. The van der Waals surface area contributed by atoms with Gasteiger partial charge in [-0.25, -0.2) is 4.79 Å². The van der Waals surface area contributed by atoms with E-state index < -0.39 is 6.09 Å². The molecule has 1 amide bonds. The number of nitrogens with zero attached hydrogens (tertiary/aromatic N) is 2. The number of hydrogen-bond acceptors (Lipinski definition) is 6. The van der Waals surface area contributed by atoms with Gasteiger partial charge in [0.05, 0.1) is 0 Å². The number of oxime groups is 2. The van der Waals surface area contributed by atoms with Gasteiger partial charge in [-0.3, -0.25) is 4.84 Å².